The van der Waals surface area contributed by atoms with E-state index in [0.29, 0.717) is 5.65 Å². The highest BCUT2D eigenvalue weighted by molar-refractivity contribution is 5.78. The van der Waals surface area contributed by atoms with Crippen molar-refractivity contribution in [3.63, 3.8) is 0 Å². The van der Waals surface area contributed by atoms with E-state index in [1.165, 1.54) is 0 Å². The Balaban J connectivity index is 2.22. The average Bonchev–Trinajstić information content (AvgIpc) is 2.74. The maximum Gasteiger partial charge on any atom is 0.178 e. The Kier molecular flexibility index (Phi) is 2.08. The summed E-state index contributed by atoms with van der Waals surface area (Å²) in [6.45, 7) is 2.01. The van der Waals surface area contributed by atoms with E-state index in [1.54, 1.807) is 24.4 Å². The Hall–Kier alpha value is -2.36. The fourth-order valence-corrected chi connectivity index (χ4v) is 1.83. The second kappa shape index (κ2) is 3.59. The quantitative estimate of drug-likeness (QED) is 0.669. The van der Waals surface area contributed by atoms with Crippen molar-refractivity contribution in [1.29, 1.82) is 0 Å². The summed E-state index contributed by atoms with van der Waals surface area (Å²) in [4.78, 5) is 11.8. The van der Waals surface area contributed by atoms with Crippen LogP contribution in [0.5, 0.6) is 5.75 Å². The van der Waals surface area contributed by atoms with Crippen LogP contribution < -0.4 is 0 Å². The summed E-state index contributed by atoms with van der Waals surface area (Å²) in [6.07, 6.45) is 1.74. The fourth-order valence-electron chi connectivity index (χ4n) is 1.83. The normalized spacial score (nSPS) is 10.9. The smallest absolute Gasteiger partial charge is 0.178 e. The van der Waals surface area contributed by atoms with Crippen LogP contribution in [-0.4, -0.2) is 20.1 Å². The second-order valence-corrected chi connectivity index (χ2v) is 3.96. The van der Waals surface area contributed by atoms with Crippen LogP contribution in [0.2, 0.25) is 0 Å². The molecule has 0 radical (unpaired) electrons. The van der Waals surface area contributed by atoms with Gasteiger partial charge in [-0.2, -0.15) is 0 Å². The van der Waals surface area contributed by atoms with Crippen LogP contribution in [0.15, 0.2) is 36.5 Å². The van der Waals surface area contributed by atoms with E-state index in [-0.39, 0.29) is 5.75 Å². The number of nitrogens with one attached hydrogen (secondary N) is 1. The third-order valence-electron chi connectivity index (χ3n) is 2.72. The molecule has 0 aliphatic heterocycles. The molecule has 0 amide bonds. The Labute approximate surface area is 98.0 Å². The number of hydrogen-bond donors (Lipinski definition) is 2. The maximum absolute atomic E-state index is 9.45. The van der Waals surface area contributed by atoms with Gasteiger partial charge in [-0.3, -0.25) is 0 Å². The molecule has 0 atom stereocenters. The summed E-state index contributed by atoms with van der Waals surface area (Å²) < 4.78 is 0. The summed E-state index contributed by atoms with van der Waals surface area (Å²) >= 11 is 0. The second-order valence-electron chi connectivity index (χ2n) is 3.96. The number of nitrogens with zero attached hydrogens (tertiary/aromatic N) is 2. The molecule has 4 nitrogen and oxygen atoms in total. The first-order valence-corrected chi connectivity index (χ1v) is 5.35. The molecule has 0 aliphatic rings. The number of aromatic nitrogens is 3. The van der Waals surface area contributed by atoms with Gasteiger partial charge in [0, 0.05) is 11.8 Å². The van der Waals surface area contributed by atoms with Crippen LogP contribution in [-0.2, 0) is 0 Å². The Bertz CT molecular complexity index is 688. The Morgan fingerprint density at radius 1 is 1.24 bits per heavy atom. The molecule has 1 aromatic carbocycles. The molecule has 0 bridgehead atoms. The first-order chi connectivity index (χ1) is 8.24. The summed E-state index contributed by atoms with van der Waals surface area (Å²) in [6, 6.07) is 8.93. The number of aromatic amines is 1. The minimum atomic E-state index is 0.229. The number of phenolic OH excluding ortho intramolecular Hbond substituents is 1. The summed E-state index contributed by atoms with van der Waals surface area (Å²) in [5.41, 5.74) is 3.59. The molecule has 0 saturated heterocycles. The lowest BCUT2D eigenvalue weighted by Crippen LogP contribution is -1.79. The molecule has 0 spiro atoms. The number of fused-ring (bicyclic) bond motifs is 1. The fraction of sp³-hybridized carbons (Fsp3) is 0.0769. The zero-order valence-electron chi connectivity index (χ0n) is 9.31. The van der Waals surface area contributed by atoms with Crippen LogP contribution in [0.4, 0.5) is 0 Å². The van der Waals surface area contributed by atoms with Gasteiger partial charge in [0.25, 0.3) is 0 Å². The molecule has 0 fully saturated rings. The Morgan fingerprint density at radius 2 is 2.12 bits per heavy atom. The van der Waals surface area contributed by atoms with Gasteiger partial charge in [-0.25, -0.2) is 9.97 Å². The van der Waals surface area contributed by atoms with E-state index in [1.807, 2.05) is 19.1 Å². The van der Waals surface area contributed by atoms with Crippen molar-refractivity contribution >= 4 is 11.2 Å². The zero-order chi connectivity index (χ0) is 11.8. The minimum absolute atomic E-state index is 0.229. The number of H-pyrrole nitrogens is 1. The van der Waals surface area contributed by atoms with Crippen molar-refractivity contribution in [2.75, 3.05) is 0 Å². The highest BCUT2D eigenvalue weighted by Gasteiger charge is 2.07. The maximum atomic E-state index is 9.45. The molecule has 17 heavy (non-hydrogen) atoms. The molecule has 0 aliphatic carbocycles. The highest BCUT2D eigenvalue weighted by Crippen LogP contribution is 2.23. The van der Waals surface area contributed by atoms with Gasteiger partial charge in [-0.05, 0) is 30.7 Å². The van der Waals surface area contributed by atoms with E-state index in [0.717, 1.165) is 22.5 Å². The largest absolute Gasteiger partial charge is 0.508 e. The number of rotatable bonds is 1. The van der Waals surface area contributed by atoms with Gasteiger partial charge in [0.05, 0.1) is 5.52 Å². The summed E-state index contributed by atoms with van der Waals surface area (Å²) in [5, 5.41) is 9.45. The number of hydrogen-bond acceptors (Lipinski definition) is 3. The third kappa shape index (κ3) is 1.63. The van der Waals surface area contributed by atoms with E-state index in [9.17, 15) is 5.11 Å². The number of aromatic hydroxyl groups is 1. The van der Waals surface area contributed by atoms with Gasteiger partial charge < -0.3 is 10.1 Å². The van der Waals surface area contributed by atoms with Crippen molar-refractivity contribution < 1.29 is 5.11 Å². The number of imidazole rings is 1. The van der Waals surface area contributed by atoms with E-state index in [2.05, 4.69) is 15.0 Å². The Morgan fingerprint density at radius 3 is 2.88 bits per heavy atom. The standard InChI is InChI=1S/C13H11N3O/c1-8-5-6-14-13-11(8)15-12(16-13)9-3-2-4-10(17)7-9/h2-7,17H,1H3,(H,14,15,16). The number of benzene rings is 1. The SMILES string of the molecule is Cc1ccnc2nc(-c3cccc(O)c3)[nH]c12. The zero-order valence-corrected chi connectivity index (χ0v) is 9.31. The molecule has 0 unspecified atom stereocenters. The van der Waals surface area contributed by atoms with Crippen molar-refractivity contribution in [1.82, 2.24) is 15.0 Å². The number of aryl methyl sites for hydroxylation is 1. The lowest BCUT2D eigenvalue weighted by atomic mass is 10.2. The van der Waals surface area contributed by atoms with E-state index in [4.69, 9.17) is 0 Å². The summed E-state index contributed by atoms with van der Waals surface area (Å²) in [5.74, 6) is 0.949. The van der Waals surface area contributed by atoms with Crippen LogP contribution in [0.1, 0.15) is 5.56 Å². The number of phenols is 1. The number of pyridine rings is 1. The van der Waals surface area contributed by atoms with Gasteiger partial charge in [-0.1, -0.05) is 12.1 Å². The van der Waals surface area contributed by atoms with Crippen molar-refractivity contribution in [2.45, 2.75) is 6.92 Å². The lowest BCUT2D eigenvalue weighted by molar-refractivity contribution is 0.475. The van der Waals surface area contributed by atoms with E-state index < -0.39 is 0 Å². The van der Waals surface area contributed by atoms with Gasteiger partial charge in [-0.15, -0.1) is 0 Å². The van der Waals surface area contributed by atoms with Crippen LogP contribution in [0, 0.1) is 6.92 Å². The average molecular weight is 225 g/mol. The molecule has 0 saturated carbocycles. The predicted octanol–water partition coefficient (Wildman–Crippen LogP) is 2.64. The van der Waals surface area contributed by atoms with Crippen molar-refractivity contribution in [2.24, 2.45) is 0 Å². The molecular formula is C13H11N3O. The first-order valence-electron chi connectivity index (χ1n) is 5.35. The molecular weight excluding hydrogens is 214 g/mol. The molecule has 2 heterocycles. The minimum Gasteiger partial charge on any atom is -0.508 e. The van der Waals surface area contributed by atoms with E-state index >= 15 is 0 Å². The monoisotopic (exact) mass is 225 g/mol. The highest BCUT2D eigenvalue weighted by atomic mass is 16.3. The molecule has 84 valence electrons. The molecule has 2 aromatic heterocycles. The third-order valence-corrected chi connectivity index (χ3v) is 2.72. The molecule has 3 aromatic rings. The lowest BCUT2D eigenvalue weighted by Gasteiger charge is -1.96. The van der Waals surface area contributed by atoms with Crippen LogP contribution in [0.25, 0.3) is 22.6 Å². The first kappa shape index (κ1) is 9.84. The topological polar surface area (TPSA) is 61.8 Å². The van der Waals surface area contributed by atoms with Crippen LogP contribution in [0.3, 0.4) is 0 Å². The molecule has 3 rings (SSSR count). The predicted molar refractivity (Wildman–Crippen MR) is 65.7 cm³/mol. The van der Waals surface area contributed by atoms with Crippen molar-refractivity contribution in [3.05, 3.63) is 42.1 Å². The van der Waals surface area contributed by atoms with Gasteiger partial charge >= 0.3 is 0 Å². The van der Waals surface area contributed by atoms with Gasteiger partial charge in [0.2, 0.25) is 0 Å². The molecule has 2 N–H and O–H groups in total. The molecule has 4 heteroatoms. The summed E-state index contributed by atoms with van der Waals surface area (Å²) in [7, 11) is 0. The van der Waals surface area contributed by atoms with Gasteiger partial charge in [0.1, 0.15) is 11.6 Å². The van der Waals surface area contributed by atoms with Crippen LogP contribution >= 0.6 is 0 Å². The van der Waals surface area contributed by atoms with Crippen molar-refractivity contribution in [3.8, 4) is 17.1 Å². The van der Waals surface area contributed by atoms with Gasteiger partial charge in [0.15, 0.2) is 5.65 Å².